The van der Waals surface area contributed by atoms with Crippen molar-refractivity contribution in [2.45, 2.75) is 58.4 Å². The Morgan fingerprint density at radius 2 is 2.11 bits per heavy atom. The molecular formula is C14H26N2O3. The average molecular weight is 270 g/mol. The van der Waals surface area contributed by atoms with Crippen molar-refractivity contribution in [2.75, 3.05) is 13.1 Å². The van der Waals surface area contributed by atoms with Crippen molar-refractivity contribution in [3.05, 3.63) is 0 Å². The number of aliphatic carboxylic acids is 1. The summed E-state index contributed by atoms with van der Waals surface area (Å²) in [5, 5.41) is 8.80. The third-order valence-corrected chi connectivity index (χ3v) is 4.33. The zero-order valence-electron chi connectivity index (χ0n) is 12.0. The minimum absolute atomic E-state index is 0.0646. The monoisotopic (exact) mass is 270 g/mol. The number of nitrogens with zero attached hydrogens (tertiary/aromatic N) is 1. The van der Waals surface area contributed by atoms with E-state index in [1.807, 2.05) is 18.7 Å². The highest BCUT2D eigenvalue weighted by molar-refractivity contribution is 5.83. The molecule has 3 N–H and O–H groups in total. The summed E-state index contributed by atoms with van der Waals surface area (Å²) in [6.45, 7) is 4.95. The summed E-state index contributed by atoms with van der Waals surface area (Å²) in [5.41, 5.74) is 5.24. The second kappa shape index (κ2) is 6.89. The van der Waals surface area contributed by atoms with Crippen LogP contribution in [0.4, 0.5) is 0 Å². The molecule has 1 rings (SSSR count). The third kappa shape index (κ3) is 3.93. The standard InChI is InChI=1S/C14H26N2O3/c1-3-14(2,10-15)13(19)16-9-5-4-6-11(16)7-8-12(17)18/h11H,3-10,15H2,1-2H3,(H,17,18). The van der Waals surface area contributed by atoms with Gasteiger partial charge in [0.05, 0.1) is 5.41 Å². The van der Waals surface area contributed by atoms with E-state index in [1.165, 1.54) is 0 Å². The highest BCUT2D eigenvalue weighted by atomic mass is 16.4. The summed E-state index contributed by atoms with van der Waals surface area (Å²) in [7, 11) is 0. The molecule has 2 atom stereocenters. The summed E-state index contributed by atoms with van der Waals surface area (Å²) in [4.78, 5) is 25.2. The predicted molar refractivity (Wildman–Crippen MR) is 73.7 cm³/mol. The van der Waals surface area contributed by atoms with Crippen molar-refractivity contribution in [1.29, 1.82) is 0 Å². The van der Waals surface area contributed by atoms with Crippen LogP contribution >= 0.6 is 0 Å². The Kier molecular flexibility index (Phi) is 5.79. The SMILES string of the molecule is CCC(C)(CN)C(=O)N1CCCCC1CCC(=O)O. The number of carboxylic acids is 1. The maximum atomic E-state index is 12.6. The molecule has 0 aromatic heterocycles. The number of carbonyl (C=O) groups is 2. The Hall–Kier alpha value is -1.10. The highest BCUT2D eigenvalue weighted by Crippen LogP contribution is 2.29. The molecule has 0 bridgehead atoms. The molecule has 0 saturated carbocycles. The van der Waals surface area contributed by atoms with E-state index in [9.17, 15) is 9.59 Å². The maximum absolute atomic E-state index is 12.6. The van der Waals surface area contributed by atoms with Gasteiger partial charge in [-0.3, -0.25) is 9.59 Å². The number of rotatable bonds is 6. The van der Waals surface area contributed by atoms with Gasteiger partial charge in [0.15, 0.2) is 0 Å². The number of likely N-dealkylation sites (tertiary alicyclic amines) is 1. The molecule has 5 heteroatoms. The van der Waals surface area contributed by atoms with E-state index >= 15 is 0 Å². The van der Waals surface area contributed by atoms with Crippen LogP contribution in [0.3, 0.4) is 0 Å². The molecule has 1 aliphatic rings. The second-order valence-electron chi connectivity index (χ2n) is 5.70. The molecular weight excluding hydrogens is 244 g/mol. The fourth-order valence-electron chi connectivity index (χ4n) is 2.59. The molecule has 0 radical (unpaired) electrons. The Balaban J connectivity index is 2.75. The number of carbonyl (C=O) groups excluding carboxylic acids is 1. The first-order valence-corrected chi connectivity index (χ1v) is 7.17. The summed E-state index contributed by atoms with van der Waals surface area (Å²) < 4.78 is 0. The normalized spacial score (nSPS) is 22.9. The van der Waals surface area contributed by atoms with E-state index in [0.717, 1.165) is 25.8 Å². The molecule has 19 heavy (non-hydrogen) atoms. The number of piperidine rings is 1. The van der Waals surface area contributed by atoms with Crippen LogP contribution in [0.15, 0.2) is 0 Å². The van der Waals surface area contributed by atoms with Gasteiger partial charge in [-0.05, 0) is 39.0 Å². The smallest absolute Gasteiger partial charge is 0.303 e. The predicted octanol–water partition coefficient (Wildman–Crippen LogP) is 1.61. The minimum atomic E-state index is -0.796. The molecule has 1 amide bonds. The van der Waals surface area contributed by atoms with Gasteiger partial charge in [-0.25, -0.2) is 0 Å². The van der Waals surface area contributed by atoms with Gasteiger partial charge in [0.25, 0.3) is 0 Å². The second-order valence-corrected chi connectivity index (χ2v) is 5.70. The fraction of sp³-hybridized carbons (Fsp3) is 0.857. The molecule has 0 aliphatic carbocycles. The fourth-order valence-corrected chi connectivity index (χ4v) is 2.59. The van der Waals surface area contributed by atoms with Gasteiger partial charge in [-0.1, -0.05) is 6.92 Å². The van der Waals surface area contributed by atoms with Gasteiger partial charge < -0.3 is 15.7 Å². The zero-order chi connectivity index (χ0) is 14.5. The average Bonchev–Trinajstić information content (AvgIpc) is 2.43. The van der Waals surface area contributed by atoms with Gasteiger partial charge in [-0.2, -0.15) is 0 Å². The highest BCUT2D eigenvalue weighted by Gasteiger charge is 2.37. The van der Waals surface area contributed by atoms with Gasteiger partial charge in [0.1, 0.15) is 0 Å². The minimum Gasteiger partial charge on any atom is -0.481 e. The Bertz CT molecular complexity index is 327. The van der Waals surface area contributed by atoms with Crippen molar-refractivity contribution in [2.24, 2.45) is 11.1 Å². The van der Waals surface area contributed by atoms with E-state index in [1.54, 1.807) is 0 Å². The van der Waals surface area contributed by atoms with E-state index in [2.05, 4.69) is 0 Å². The van der Waals surface area contributed by atoms with E-state index in [0.29, 0.717) is 19.4 Å². The van der Waals surface area contributed by atoms with Crippen LogP contribution in [0.25, 0.3) is 0 Å². The van der Waals surface area contributed by atoms with Gasteiger partial charge in [0.2, 0.25) is 5.91 Å². The number of nitrogens with two attached hydrogens (primary N) is 1. The Labute approximate surface area is 115 Å². The van der Waals surface area contributed by atoms with Crippen LogP contribution in [0.1, 0.15) is 52.4 Å². The van der Waals surface area contributed by atoms with E-state index < -0.39 is 11.4 Å². The number of carboxylic acid groups (broad SMARTS) is 1. The largest absolute Gasteiger partial charge is 0.481 e. The lowest BCUT2D eigenvalue weighted by Gasteiger charge is -2.41. The van der Waals surface area contributed by atoms with Crippen LogP contribution in [0.2, 0.25) is 0 Å². The quantitative estimate of drug-likeness (QED) is 0.768. The van der Waals surface area contributed by atoms with Crippen LogP contribution in [-0.2, 0) is 9.59 Å². The van der Waals surface area contributed by atoms with E-state index in [-0.39, 0.29) is 18.4 Å². The van der Waals surface area contributed by atoms with Crippen molar-refractivity contribution in [3.63, 3.8) is 0 Å². The lowest BCUT2D eigenvalue weighted by atomic mass is 9.84. The first-order chi connectivity index (χ1) is 8.94. The number of hydrogen-bond donors (Lipinski definition) is 2. The molecule has 0 spiro atoms. The molecule has 1 aliphatic heterocycles. The topological polar surface area (TPSA) is 83.6 Å². The Morgan fingerprint density at radius 3 is 2.63 bits per heavy atom. The van der Waals surface area contributed by atoms with Gasteiger partial charge in [-0.15, -0.1) is 0 Å². The molecule has 110 valence electrons. The molecule has 1 fully saturated rings. The van der Waals surface area contributed by atoms with Gasteiger partial charge >= 0.3 is 5.97 Å². The molecule has 2 unspecified atom stereocenters. The maximum Gasteiger partial charge on any atom is 0.303 e. The molecule has 1 heterocycles. The third-order valence-electron chi connectivity index (χ3n) is 4.33. The molecule has 0 aromatic carbocycles. The van der Waals surface area contributed by atoms with Crippen LogP contribution in [0, 0.1) is 5.41 Å². The van der Waals surface area contributed by atoms with Crippen LogP contribution in [-0.4, -0.2) is 41.0 Å². The van der Waals surface area contributed by atoms with Crippen molar-refractivity contribution < 1.29 is 14.7 Å². The first kappa shape index (κ1) is 16.0. The Morgan fingerprint density at radius 1 is 1.42 bits per heavy atom. The lowest BCUT2D eigenvalue weighted by molar-refractivity contribution is -0.146. The van der Waals surface area contributed by atoms with Crippen molar-refractivity contribution in [3.8, 4) is 0 Å². The first-order valence-electron chi connectivity index (χ1n) is 7.17. The summed E-state index contributed by atoms with van der Waals surface area (Å²) in [5.74, 6) is -0.706. The zero-order valence-corrected chi connectivity index (χ0v) is 12.0. The molecule has 0 aromatic rings. The summed E-state index contributed by atoms with van der Waals surface area (Å²) >= 11 is 0. The summed E-state index contributed by atoms with van der Waals surface area (Å²) in [6.07, 6.45) is 4.36. The van der Waals surface area contributed by atoms with E-state index in [4.69, 9.17) is 10.8 Å². The van der Waals surface area contributed by atoms with Crippen molar-refractivity contribution in [1.82, 2.24) is 4.90 Å². The number of hydrogen-bond acceptors (Lipinski definition) is 3. The lowest BCUT2D eigenvalue weighted by Crippen LogP contribution is -2.52. The van der Waals surface area contributed by atoms with Crippen molar-refractivity contribution >= 4 is 11.9 Å². The molecule has 1 saturated heterocycles. The van der Waals surface area contributed by atoms with Gasteiger partial charge in [0, 0.05) is 25.6 Å². The molecule has 5 nitrogen and oxygen atoms in total. The van der Waals surface area contributed by atoms with Crippen LogP contribution in [0.5, 0.6) is 0 Å². The summed E-state index contributed by atoms with van der Waals surface area (Å²) in [6, 6.07) is 0.0646. The number of amides is 1. The van der Waals surface area contributed by atoms with Crippen LogP contribution < -0.4 is 5.73 Å².